The number of nitrogens with zero attached hydrogens (tertiary/aromatic N) is 4. The summed E-state index contributed by atoms with van der Waals surface area (Å²) in [6, 6.07) is 4.17. The summed E-state index contributed by atoms with van der Waals surface area (Å²) >= 11 is 0. The predicted octanol–water partition coefficient (Wildman–Crippen LogP) is 1.15. The normalized spacial score (nSPS) is 11.8. The molecule has 0 rings (SSSR count). The Morgan fingerprint density at radius 1 is 0.950 bits per heavy atom. The van der Waals surface area contributed by atoms with Crippen molar-refractivity contribution < 1.29 is 5.11 Å². The van der Waals surface area contributed by atoms with E-state index in [1.165, 1.54) is 0 Å². The van der Waals surface area contributed by atoms with E-state index in [0.717, 1.165) is 0 Å². The van der Waals surface area contributed by atoms with Crippen molar-refractivity contribution in [2.75, 3.05) is 39.3 Å². The fourth-order valence-electron chi connectivity index (χ4n) is 1.95. The SMILES string of the molecule is C=CCN(CC=C)CC(O)CN(CCC#N)CCC#N. The van der Waals surface area contributed by atoms with Gasteiger partial charge in [-0.25, -0.2) is 0 Å². The third-order valence-corrected chi connectivity index (χ3v) is 2.79. The van der Waals surface area contributed by atoms with Gasteiger partial charge in [-0.05, 0) is 0 Å². The molecule has 0 aliphatic rings. The predicted molar refractivity (Wildman–Crippen MR) is 79.7 cm³/mol. The molecule has 0 aromatic heterocycles. The molecule has 0 aliphatic heterocycles. The van der Waals surface area contributed by atoms with Gasteiger partial charge in [0.25, 0.3) is 0 Å². The van der Waals surface area contributed by atoms with Crippen LogP contribution < -0.4 is 0 Å². The fourth-order valence-corrected chi connectivity index (χ4v) is 1.95. The number of rotatable bonds is 12. The molecular weight excluding hydrogens is 252 g/mol. The minimum atomic E-state index is -0.521. The summed E-state index contributed by atoms with van der Waals surface area (Å²) in [7, 11) is 0. The highest BCUT2D eigenvalue weighted by Gasteiger charge is 2.14. The Kier molecular flexibility index (Phi) is 11.4. The highest BCUT2D eigenvalue weighted by atomic mass is 16.3. The molecule has 0 bridgehead atoms. The molecule has 0 radical (unpaired) electrons. The van der Waals surface area contributed by atoms with Crippen LogP contribution in [0.1, 0.15) is 12.8 Å². The van der Waals surface area contributed by atoms with E-state index in [4.69, 9.17) is 10.5 Å². The average Bonchev–Trinajstić information content (AvgIpc) is 2.42. The van der Waals surface area contributed by atoms with Gasteiger partial charge in [0.1, 0.15) is 0 Å². The van der Waals surface area contributed by atoms with Crippen molar-refractivity contribution >= 4 is 0 Å². The van der Waals surface area contributed by atoms with Crippen LogP contribution in [0.5, 0.6) is 0 Å². The lowest BCUT2D eigenvalue weighted by Gasteiger charge is -2.27. The van der Waals surface area contributed by atoms with Crippen molar-refractivity contribution in [3.63, 3.8) is 0 Å². The van der Waals surface area contributed by atoms with Crippen molar-refractivity contribution in [2.24, 2.45) is 0 Å². The number of aliphatic hydroxyl groups is 1. The highest BCUT2D eigenvalue weighted by molar-refractivity contribution is 4.83. The van der Waals surface area contributed by atoms with Gasteiger partial charge in [-0.1, -0.05) is 12.2 Å². The van der Waals surface area contributed by atoms with Gasteiger partial charge >= 0.3 is 0 Å². The van der Waals surface area contributed by atoms with Gasteiger partial charge in [-0.15, -0.1) is 13.2 Å². The van der Waals surface area contributed by atoms with Gasteiger partial charge in [-0.3, -0.25) is 9.80 Å². The second kappa shape index (κ2) is 12.4. The maximum atomic E-state index is 10.1. The monoisotopic (exact) mass is 276 g/mol. The first-order valence-corrected chi connectivity index (χ1v) is 6.76. The Balaban J connectivity index is 4.29. The minimum absolute atomic E-state index is 0.404. The van der Waals surface area contributed by atoms with Gasteiger partial charge in [0, 0.05) is 52.1 Å². The van der Waals surface area contributed by atoms with Gasteiger partial charge in [0.05, 0.1) is 18.2 Å². The third kappa shape index (κ3) is 9.29. The van der Waals surface area contributed by atoms with E-state index in [2.05, 4.69) is 25.3 Å². The zero-order valence-electron chi connectivity index (χ0n) is 12.0. The van der Waals surface area contributed by atoms with E-state index in [1.54, 1.807) is 12.2 Å². The molecule has 1 unspecified atom stereocenters. The zero-order valence-corrected chi connectivity index (χ0v) is 12.0. The van der Waals surface area contributed by atoms with Crippen LogP contribution in [0.25, 0.3) is 0 Å². The van der Waals surface area contributed by atoms with E-state index in [0.29, 0.717) is 52.1 Å². The molecule has 0 saturated heterocycles. The molecule has 0 fully saturated rings. The van der Waals surface area contributed by atoms with Crippen molar-refractivity contribution in [2.45, 2.75) is 18.9 Å². The Hall–Kier alpha value is -1.66. The van der Waals surface area contributed by atoms with Gasteiger partial charge < -0.3 is 5.11 Å². The molecule has 5 heteroatoms. The Labute approximate surface area is 122 Å². The van der Waals surface area contributed by atoms with Crippen LogP contribution in [0.15, 0.2) is 25.3 Å². The van der Waals surface area contributed by atoms with Crippen LogP contribution in [-0.4, -0.2) is 60.3 Å². The zero-order chi connectivity index (χ0) is 15.2. The van der Waals surface area contributed by atoms with Gasteiger partial charge in [0.15, 0.2) is 0 Å². The van der Waals surface area contributed by atoms with E-state index in [-0.39, 0.29) is 0 Å². The largest absolute Gasteiger partial charge is 0.390 e. The second-order valence-electron chi connectivity index (χ2n) is 4.57. The summed E-state index contributed by atoms with van der Waals surface area (Å²) in [5.74, 6) is 0. The molecular formula is C15H24N4O. The van der Waals surface area contributed by atoms with Crippen molar-refractivity contribution in [1.82, 2.24) is 9.80 Å². The number of nitriles is 2. The molecule has 0 saturated carbocycles. The first kappa shape index (κ1) is 18.3. The van der Waals surface area contributed by atoms with Crippen LogP contribution in [-0.2, 0) is 0 Å². The Bertz CT molecular complexity index is 328. The molecule has 0 amide bonds. The Morgan fingerprint density at radius 2 is 1.40 bits per heavy atom. The maximum absolute atomic E-state index is 10.1. The Morgan fingerprint density at radius 3 is 1.80 bits per heavy atom. The average molecular weight is 276 g/mol. The van der Waals surface area contributed by atoms with Crippen LogP contribution in [0.4, 0.5) is 0 Å². The molecule has 0 aromatic rings. The van der Waals surface area contributed by atoms with Crippen molar-refractivity contribution in [3.8, 4) is 12.1 Å². The third-order valence-electron chi connectivity index (χ3n) is 2.79. The summed E-state index contributed by atoms with van der Waals surface area (Å²) in [4.78, 5) is 3.99. The van der Waals surface area contributed by atoms with Gasteiger partial charge in [-0.2, -0.15) is 10.5 Å². The molecule has 20 heavy (non-hydrogen) atoms. The van der Waals surface area contributed by atoms with Crippen LogP contribution in [0.3, 0.4) is 0 Å². The molecule has 0 aliphatic carbocycles. The van der Waals surface area contributed by atoms with Crippen LogP contribution in [0, 0.1) is 22.7 Å². The van der Waals surface area contributed by atoms with E-state index in [1.807, 2.05) is 9.80 Å². The van der Waals surface area contributed by atoms with E-state index < -0.39 is 6.10 Å². The lowest BCUT2D eigenvalue weighted by molar-refractivity contribution is 0.0824. The lowest BCUT2D eigenvalue weighted by atomic mass is 10.2. The van der Waals surface area contributed by atoms with Gasteiger partial charge in [0.2, 0.25) is 0 Å². The number of hydrogen-bond donors (Lipinski definition) is 1. The number of hydrogen-bond acceptors (Lipinski definition) is 5. The molecule has 0 aromatic carbocycles. The highest BCUT2D eigenvalue weighted by Crippen LogP contribution is 2.00. The molecule has 0 heterocycles. The summed E-state index contributed by atoms with van der Waals surface area (Å²) in [6.45, 7) is 10.9. The minimum Gasteiger partial charge on any atom is -0.390 e. The first-order chi connectivity index (χ1) is 9.67. The quantitative estimate of drug-likeness (QED) is 0.541. The van der Waals surface area contributed by atoms with Crippen molar-refractivity contribution in [3.05, 3.63) is 25.3 Å². The molecule has 1 atom stereocenters. The maximum Gasteiger partial charge on any atom is 0.0794 e. The summed E-state index contributed by atoms with van der Waals surface area (Å²) in [5.41, 5.74) is 0. The second-order valence-corrected chi connectivity index (χ2v) is 4.57. The first-order valence-electron chi connectivity index (χ1n) is 6.76. The lowest BCUT2D eigenvalue weighted by Crippen LogP contribution is -2.41. The molecule has 110 valence electrons. The smallest absolute Gasteiger partial charge is 0.0794 e. The topological polar surface area (TPSA) is 74.3 Å². The molecule has 0 spiro atoms. The van der Waals surface area contributed by atoms with Crippen molar-refractivity contribution in [1.29, 1.82) is 10.5 Å². The van der Waals surface area contributed by atoms with Crippen LogP contribution >= 0.6 is 0 Å². The summed E-state index contributed by atoms with van der Waals surface area (Å²) in [6.07, 6.45) is 3.87. The van der Waals surface area contributed by atoms with E-state index in [9.17, 15) is 5.11 Å². The standard InChI is InChI=1S/C15H24N4O/c1-3-9-18(10-4-2)13-15(20)14-19(11-5-7-16)12-6-8-17/h3-4,15,20H,1-2,5-6,9-14H2. The summed E-state index contributed by atoms with van der Waals surface area (Å²) < 4.78 is 0. The molecule has 5 nitrogen and oxygen atoms in total. The van der Waals surface area contributed by atoms with E-state index >= 15 is 0 Å². The number of aliphatic hydroxyl groups excluding tert-OH is 1. The molecule has 1 N–H and O–H groups in total. The fraction of sp³-hybridized carbons (Fsp3) is 0.600. The summed E-state index contributed by atoms with van der Waals surface area (Å²) in [5, 5.41) is 27.4. The van der Waals surface area contributed by atoms with Crippen LogP contribution in [0.2, 0.25) is 0 Å².